The minimum absolute atomic E-state index is 0.0221. The molecule has 2 N–H and O–H groups in total. The number of ether oxygens (including phenoxy) is 1. The molecule has 0 aromatic heterocycles. The highest BCUT2D eigenvalue weighted by Gasteiger charge is 2.14. The zero-order valence-electron chi connectivity index (χ0n) is 13.1. The van der Waals surface area contributed by atoms with E-state index in [0.29, 0.717) is 16.3 Å². The maximum absolute atomic E-state index is 12.1. The first kappa shape index (κ1) is 17.5. The van der Waals surface area contributed by atoms with Gasteiger partial charge in [0.15, 0.2) is 0 Å². The Labute approximate surface area is 141 Å². The summed E-state index contributed by atoms with van der Waals surface area (Å²) in [6.07, 6.45) is -0.939. The van der Waals surface area contributed by atoms with Gasteiger partial charge in [-0.15, -0.1) is 0 Å². The molecule has 0 aliphatic rings. The van der Waals surface area contributed by atoms with Crippen molar-refractivity contribution in [3.8, 4) is 0 Å². The molecular formula is C18H20ClNO3. The highest BCUT2D eigenvalue weighted by atomic mass is 35.5. The second-order valence-electron chi connectivity index (χ2n) is 5.32. The number of rotatable bonds is 6. The number of amides is 1. The topological polar surface area (TPSA) is 58.6 Å². The largest absolute Gasteiger partial charge is 0.388 e. The number of nitrogens with one attached hydrogen (secondary N) is 1. The first-order chi connectivity index (χ1) is 11.0. The minimum Gasteiger partial charge on any atom is -0.388 e. The molecule has 4 nitrogen and oxygen atoms in total. The van der Waals surface area contributed by atoms with Crippen LogP contribution < -0.4 is 5.32 Å². The lowest BCUT2D eigenvalue weighted by atomic mass is 10.1. The summed E-state index contributed by atoms with van der Waals surface area (Å²) >= 11 is 5.81. The summed E-state index contributed by atoms with van der Waals surface area (Å²) < 4.78 is 5.26. The van der Waals surface area contributed by atoms with Crippen molar-refractivity contribution >= 4 is 23.2 Å². The van der Waals surface area contributed by atoms with Crippen molar-refractivity contribution in [2.45, 2.75) is 25.6 Å². The van der Waals surface area contributed by atoms with Crippen LogP contribution in [-0.4, -0.2) is 18.1 Å². The molecule has 0 aliphatic heterocycles. The maximum atomic E-state index is 12.1. The van der Waals surface area contributed by atoms with Gasteiger partial charge in [-0.3, -0.25) is 4.79 Å². The number of methoxy groups -OCH3 is 1. The minimum atomic E-state index is -0.867. The smallest absolute Gasteiger partial charge is 0.227 e. The molecular weight excluding hydrogens is 314 g/mol. The van der Waals surface area contributed by atoms with Crippen molar-refractivity contribution in [2.24, 2.45) is 0 Å². The Bertz CT molecular complexity index is 658. The summed E-state index contributed by atoms with van der Waals surface area (Å²) in [6.45, 7) is 1.94. The zero-order valence-corrected chi connectivity index (χ0v) is 13.9. The van der Waals surface area contributed by atoms with Crippen LogP contribution in [0.25, 0.3) is 0 Å². The van der Waals surface area contributed by atoms with Gasteiger partial charge in [0.05, 0.1) is 18.6 Å². The van der Waals surface area contributed by atoms with Gasteiger partial charge in [-0.1, -0.05) is 35.9 Å². The van der Waals surface area contributed by atoms with Gasteiger partial charge in [-0.05, 0) is 42.3 Å². The number of hydrogen-bond donors (Lipinski definition) is 2. The average Bonchev–Trinajstić information content (AvgIpc) is 2.54. The molecule has 1 amide bonds. The molecule has 0 heterocycles. The van der Waals surface area contributed by atoms with Crippen LogP contribution in [0.4, 0.5) is 5.69 Å². The third kappa shape index (κ3) is 5.06. The van der Waals surface area contributed by atoms with Crippen LogP contribution in [-0.2, 0) is 9.53 Å². The zero-order chi connectivity index (χ0) is 16.8. The van der Waals surface area contributed by atoms with E-state index in [4.69, 9.17) is 16.3 Å². The number of aliphatic hydroxyl groups excluding tert-OH is 1. The second-order valence-corrected chi connectivity index (χ2v) is 5.76. The molecule has 122 valence electrons. The fourth-order valence-corrected chi connectivity index (χ4v) is 2.32. The van der Waals surface area contributed by atoms with Gasteiger partial charge >= 0.3 is 0 Å². The molecule has 2 aromatic carbocycles. The number of aliphatic hydroxyl groups is 1. The third-order valence-corrected chi connectivity index (χ3v) is 3.88. The number of carbonyl (C=O) groups is 1. The number of benzene rings is 2. The second kappa shape index (κ2) is 8.11. The number of halogens is 1. The normalized spacial score (nSPS) is 13.4. The van der Waals surface area contributed by atoms with Crippen molar-refractivity contribution < 1.29 is 14.6 Å². The summed E-state index contributed by atoms with van der Waals surface area (Å²) in [5, 5.41) is 13.5. The molecule has 2 aromatic rings. The molecule has 0 saturated carbocycles. The Balaban J connectivity index is 1.98. The fourth-order valence-electron chi connectivity index (χ4n) is 2.20. The standard InChI is InChI=1S/C18H20ClNO3/c1-12(23-2)14-4-3-5-16(10-14)20-18(22)11-17(21)13-6-8-15(19)9-7-13/h3-10,12,17,21H,11H2,1-2H3,(H,20,22). The lowest BCUT2D eigenvalue weighted by Crippen LogP contribution is -2.15. The molecule has 23 heavy (non-hydrogen) atoms. The maximum Gasteiger partial charge on any atom is 0.227 e. The van der Waals surface area contributed by atoms with E-state index in [1.165, 1.54) is 0 Å². The van der Waals surface area contributed by atoms with Crippen LogP contribution in [0.2, 0.25) is 5.02 Å². The molecule has 0 radical (unpaired) electrons. The molecule has 0 spiro atoms. The number of hydrogen-bond acceptors (Lipinski definition) is 3. The Morgan fingerprint density at radius 2 is 1.91 bits per heavy atom. The van der Waals surface area contributed by atoms with Crippen LogP contribution in [0.1, 0.15) is 36.7 Å². The van der Waals surface area contributed by atoms with Crippen molar-refractivity contribution in [3.05, 3.63) is 64.7 Å². The Morgan fingerprint density at radius 1 is 1.22 bits per heavy atom. The van der Waals surface area contributed by atoms with E-state index in [1.807, 2.05) is 25.1 Å². The molecule has 0 aliphatic carbocycles. The van der Waals surface area contributed by atoms with E-state index in [0.717, 1.165) is 5.56 Å². The van der Waals surface area contributed by atoms with Gasteiger partial charge in [-0.25, -0.2) is 0 Å². The molecule has 2 unspecified atom stereocenters. The summed E-state index contributed by atoms with van der Waals surface area (Å²) in [7, 11) is 1.64. The van der Waals surface area contributed by atoms with Crippen LogP contribution >= 0.6 is 11.6 Å². The van der Waals surface area contributed by atoms with Crippen LogP contribution in [0.15, 0.2) is 48.5 Å². The Hall–Kier alpha value is -1.88. The molecule has 0 fully saturated rings. The van der Waals surface area contributed by atoms with Gasteiger partial charge in [0.2, 0.25) is 5.91 Å². The van der Waals surface area contributed by atoms with Crippen LogP contribution in [0.5, 0.6) is 0 Å². The average molecular weight is 334 g/mol. The number of carbonyl (C=O) groups excluding carboxylic acids is 1. The van der Waals surface area contributed by atoms with Crippen molar-refractivity contribution in [2.75, 3.05) is 12.4 Å². The summed E-state index contributed by atoms with van der Waals surface area (Å²) in [5.74, 6) is -0.255. The van der Waals surface area contributed by atoms with Crippen molar-refractivity contribution in [1.82, 2.24) is 0 Å². The van der Waals surface area contributed by atoms with Gasteiger partial charge in [0.1, 0.15) is 0 Å². The van der Waals surface area contributed by atoms with Gasteiger partial charge < -0.3 is 15.2 Å². The monoisotopic (exact) mass is 333 g/mol. The van der Waals surface area contributed by atoms with E-state index in [2.05, 4.69) is 5.32 Å². The first-order valence-electron chi connectivity index (χ1n) is 7.35. The molecule has 0 saturated heterocycles. The number of anilines is 1. The van der Waals surface area contributed by atoms with Crippen molar-refractivity contribution in [3.63, 3.8) is 0 Å². The third-order valence-electron chi connectivity index (χ3n) is 3.63. The fraction of sp³-hybridized carbons (Fsp3) is 0.278. The molecule has 5 heteroatoms. The highest BCUT2D eigenvalue weighted by Crippen LogP contribution is 2.22. The van der Waals surface area contributed by atoms with Gasteiger partial charge in [0, 0.05) is 17.8 Å². The predicted molar refractivity (Wildman–Crippen MR) is 91.5 cm³/mol. The predicted octanol–water partition coefficient (Wildman–Crippen LogP) is 4.11. The van der Waals surface area contributed by atoms with E-state index in [-0.39, 0.29) is 18.4 Å². The first-order valence-corrected chi connectivity index (χ1v) is 7.73. The lowest BCUT2D eigenvalue weighted by molar-refractivity contribution is -0.118. The highest BCUT2D eigenvalue weighted by molar-refractivity contribution is 6.30. The van der Waals surface area contributed by atoms with Gasteiger partial charge in [0.25, 0.3) is 0 Å². The summed E-state index contributed by atoms with van der Waals surface area (Å²) in [6, 6.07) is 14.3. The van der Waals surface area contributed by atoms with E-state index < -0.39 is 6.10 Å². The lowest BCUT2D eigenvalue weighted by Gasteiger charge is -2.14. The van der Waals surface area contributed by atoms with Crippen LogP contribution in [0.3, 0.4) is 0 Å². The quantitative estimate of drug-likeness (QED) is 0.836. The van der Waals surface area contributed by atoms with Crippen molar-refractivity contribution in [1.29, 1.82) is 0 Å². The Kier molecular flexibility index (Phi) is 6.16. The van der Waals surface area contributed by atoms with E-state index in [1.54, 1.807) is 37.4 Å². The molecule has 0 bridgehead atoms. The van der Waals surface area contributed by atoms with E-state index >= 15 is 0 Å². The Morgan fingerprint density at radius 3 is 2.57 bits per heavy atom. The summed E-state index contributed by atoms with van der Waals surface area (Å²) in [4.78, 5) is 12.1. The molecule has 2 rings (SSSR count). The van der Waals surface area contributed by atoms with Gasteiger partial charge in [-0.2, -0.15) is 0 Å². The van der Waals surface area contributed by atoms with E-state index in [9.17, 15) is 9.90 Å². The van der Waals surface area contributed by atoms with Crippen LogP contribution in [0, 0.1) is 0 Å². The summed E-state index contributed by atoms with van der Waals surface area (Å²) in [5.41, 5.74) is 2.31. The SMILES string of the molecule is COC(C)c1cccc(NC(=O)CC(O)c2ccc(Cl)cc2)c1. The molecule has 2 atom stereocenters.